The zero-order valence-electron chi connectivity index (χ0n) is 12.6. The average Bonchev–Trinajstić information content (AvgIpc) is 2.27. The van der Waals surface area contributed by atoms with E-state index in [2.05, 4.69) is 22.5 Å². The SMILES string of the molecule is CCCC(C)(C)NC(=O)c1cc(C)nc(NCC)c1. The molecule has 0 spiro atoms. The minimum atomic E-state index is -0.179. The van der Waals surface area contributed by atoms with Crippen LogP contribution in [0.5, 0.6) is 0 Å². The summed E-state index contributed by atoms with van der Waals surface area (Å²) in [7, 11) is 0. The maximum absolute atomic E-state index is 12.3. The van der Waals surface area contributed by atoms with E-state index in [1.165, 1.54) is 0 Å². The van der Waals surface area contributed by atoms with E-state index in [1.54, 1.807) is 6.07 Å². The van der Waals surface area contributed by atoms with E-state index in [-0.39, 0.29) is 11.4 Å². The van der Waals surface area contributed by atoms with Crippen LogP contribution in [-0.2, 0) is 0 Å². The molecule has 4 nitrogen and oxygen atoms in total. The maximum Gasteiger partial charge on any atom is 0.251 e. The lowest BCUT2D eigenvalue weighted by molar-refractivity contribution is 0.0909. The molecule has 1 aromatic heterocycles. The molecule has 4 heteroatoms. The summed E-state index contributed by atoms with van der Waals surface area (Å²) in [6.07, 6.45) is 2.01. The molecule has 1 amide bonds. The number of amides is 1. The fourth-order valence-corrected chi connectivity index (χ4v) is 2.14. The maximum atomic E-state index is 12.3. The van der Waals surface area contributed by atoms with Crippen LogP contribution in [0.3, 0.4) is 0 Å². The minimum absolute atomic E-state index is 0.0388. The van der Waals surface area contributed by atoms with Gasteiger partial charge >= 0.3 is 0 Å². The third-order valence-corrected chi connectivity index (χ3v) is 2.90. The molecule has 1 aromatic rings. The van der Waals surface area contributed by atoms with Crippen molar-refractivity contribution in [3.63, 3.8) is 0 Å². The first kappa shape index (κ1) is 15.5. The molecule has 0 fully saturated rings. The summed E-state index contributed by atoms with van der Waals surface area (Å²) in [4.78, 5) is 16.6. The number of hydrogen-bond acceptors (Lipinski definition) is 3. The molecule has 1 rings (SSSR count). The summed E-state index contributed by atoms with van der Waals surface area (Å²) in [5, 5.41) is 6.22. The molecule has 0 saturated heterocycles. The van der Waals surface area contributed by atoms with Gasteiger partial charge in [-0.25, -0.2) is 4.98 Å². The molecule has 0 unspecified atom stereocenters. The summed E-state index contributed by atoms with van der Waals surface area (Å²) in [6, 6.07) is 3.62. The number of nitrogens with one attached hydrogen (secondary N) is 2. The summed E-state index contributed by atoms with van der Waals surface area (Å²) in [6.45, 7) is 10.9. The van der Waals surface area contributed by atoms with Crippen LogP contribution in [0.4, 0.5) is 5.82 Å². The van der Waals surface area contributed by atoms with Crippen molar-refractivity contribution in [3.05, 3.63) is 23.4 Å². The molecule has 0 radical (unpaired) electrons. The first-order chi connectivity index (χ1) is 8.88. The van der Waals surface area contributed by atoms with Gasteiger partial charge in [-0.15, -0.1) is 0 Å². The van der Waals surface area contributed by atoms with Crippen LogP contribution in [0.15, 0.2) is 12.1 Å². The molecule has 0 aliphatic carbocycles. The number of nitrogens with zero attached hydrogens (tertiary/aromatic N) is 1. The molecule has 0 aliphatic rings. The zero-order chi connectivity index (χ0) is 14.5. The fraction of sp³-hybridized carbons (Fsp3) is 0.600. The molecule has 2 N–H and O–H groups in total. The Morgan fingerprint density at radius 3 is 2.58 bits per heavy atom. The number of aromatic nitrogens is 1. The van der Waals surface area contributed by atoms with Crippen molar-refractivity contribution in [2.45, 2.75) is 53.0 Å². The Hall–Kier alpha value is -1.58. The van der Waals surface area contributed by atoms with Crippen molar-refractivity contribution >= 4 is 11.7 Å². The highest BCUT2D eigenvalue weighted by molar-refractivity contribution is 5.95. The Balaban J connectivity index is 2.87. The van der Waals surface area contributed by atoms with Crippen molar-refractivity contribution in [2.24, 2.45) is 0 Å². The Bertz CT molecular complexity index is 441. The van der Waals surface area contributed by atoms with Crippen molar-refractivity contribution in [2.75, 3.05) is 11.9 Å². The number of carbonyl (C=O) groups excluding carboxylic acids is 1. The lowest BCUT2D eigenvalue weighted by Gasteiger charge is -2.26. The van der Waals surface area contributed by atoms with Crippen molar-refractivity contribution in [1.82, 2.24) is 10.3 Å². The number of anilines is 1. The van der Waals surface area contributed by atoms with Crippen LogP contribution < -0.4 is 10.6 Å². The average molecular weight is 263 g/mol. The topological polar surface area (TPSA) is 54.0 Å². The van der Waals surface area contributed by atoms with E-state index in [4.69, 9.17) is 0 Å². The van der Waals surface area contributed by atoms with Crippen LogP contribution in [-0.4, -0.2) is 23.0 Å². The third-order valence-electron chi connectivity index (χ3n) is 2.90. The lowest BCUT2D eigenvalue weighted by atomic mass is 9.98. The standard InChI is InChI=1S/C15H25N3O/c1-6-8-15(4,5)18-14(19)12-9-11(3)17-13(10-12)16-7-2/h9-10H,6-8H2,1-5H3,(H,16,17)(H,18,19). The van der Waals surface area contributed by atoms with E-state index in [9.17, 15) is 4.79 Å². The normalized spacial score (nSPS) is 11.2. The highest BCUT2D eigenvalue weighted by Gasteiger charge is 2.20. The van der Waals surface area contributed by atoms with Gasteiger partial charge in [-0.05, 0) is 46.2 Å². The van der Waals surface area contributed by atoms with Gasteiger partial charge in [-0.3, -0.25) is 4.79 Å². The van der Waals surface area contributed by atoms with Crippen molar-refractivity contribution in [3.8, 4) is 0 Å². The quantitative estimate of drug-likeness (QED) is 0.829. The molecule has 0 saturated carbocycles. The summed E-state index contributed by atoms with van der Waals surface area (Å²) in [5.74, 6) is 0.712. The van der Waals surface area contributed by atoms with Gasteiger partial charge < -0.3 is 10.6 Å². The largest absolute Gasteiger partial charge is 0.370 e. The Kier molecular flexibility index (Phi) is 5.33. The Labute approximate surface area is 116 Å². The number of rotatable bonds is 6. The van der Waals surface area contributed by atoms with Crippen LogP contribution >= 0.6 is 0 Å². The van der Waals surface area contributed by atoms with E-state index < -0.39 is 0 Å². The highest BCUT2D eigenvalue weighted by Crippen LogP contribution is 2.14. The molecule has 0 bridgehead atoms. The number of aryl methyl sites for hydroxylation is 1. The molecule has 0 atom stereocenters. The van der Waals surface area contributed by atoms with E-state index in [1.807, 2.05) is 33.8 Å². The van der Waals surface area contributed by atoms with Gasteiger partial charge in [0.2, 0.25) is 0 Å². The van der Waals surface area contributed by atoms with Crippen LogP contribution in [0, 0.1) is 6.92 Å². The van der Waals surface area contributed by atoms with Crippen molar-refractivity contribution < 1.29 is 4.79 Å². The lowest BCUT2D eigenvalue weighted by Crippen LogP contribution is -2.43. The van der Waals surface area contributed by atoms with E-state index >= 15 is 0 Å². The fourth-order valence-electron chi connectivity index (χ4n) is 2.14. The monoisotopic (exact) mass is 263 g/mol. The molecule has 106 valence electrons. The molecular weight excluding hydrogens is 238 g/mol. The van der Waals surface area contributed by atoms with Crippen LogP contribution in [0.2, 0.25) is 0 Å². The van der Waals surface area contributed by atoms with Gasteiger partial charge in [0.15, 0.2) is 0 Å². The first-order valence-corrected chi connectivity index (χ1v) is 6.93. The van der Waals surface area contributed by atoms with Gasteiger partial charge in [0, 0.05) is 23.3 Å². The van der Waals surface area contributed by atoms with E-state index in [0.29, 0.717) is 5.56 Å². The predicted octanol–water partition coefficient (Wildman–Crippen LogP) is 3.13. The van der Waals surface area contributed by atoms with Gasteiger partial charge in [-0.1, -0.05) is 13.3 Å². The van der Waals surface area contributed by atoms with Gasteiger partial charge in [0.25, 0.3) is 5.91 Å². The predicted molar refractivity (Wildman–Crippen MR) is 79.6 cm³/mol. The minimum Gasteiger partial charge on any atom is -0.370 e. The number of pyridine rings is 1. The van der Waals surface area contributed by atoms with Crippen LogP contribution in [0.1, 0.15) is 56.6 Å². The van der Waals surface area contributed by atoms with Gasteiger partial charge in [-0.2, -0.15) is 0 Å². The second-order valence-electron chi connectivity index (χ2n) is 5.50. The van der Waals surface area contributed by atoms with Crippen molar-refractivity contribution in [1.29, 1.82) is 0 Å². The smallest absolute Gasteiger partial charge is 0.251 e. The number of hydrogen-bond donors (Lipinski definition) is 2. The van der Waals surface area contributed by atoms with Gasteiger partial charge in [0.1, 0.15) is 5.82 Å². The second-order valence-corrected chi connectivity index (χ2v) is 5.50. The first-order valence-electron chi connectivity index (χ1n) is 6.93. The Morgan fingerprint density at radius 2 is 2.00 bits per heavy atom. The number of carbonyl (C=O) groups is 1. The van der Waals surface area contributed by atoms with Crippen LogP contribution in [0.25, 0.3) is 0 Å². The Morgan fingerprint density at radius 1 is 1.32 bits per heavy atom. The third kappa shape index (κ3) is 4.89. The molecular formula is C15H25N3O. The molecule has 0 aliphatic heterocycles. The zero-order valence-corrected chi connectivity index (χ0v) is 12.6. The second kappa shape index (κ2) is 6.55. The molecule has 1 heterocycles. The van der Waals surface area contributed by atoms with E-state index in [0.717, 1.165) is 30.9 Å². The van der Waals surface area contributed by atoms with Gasteiger partial charge in [0.05, 0.1) is 0 Å². The summed E-state index contributed by atoms with van der Waals surface area (Å²) < 4.78 is 0. The highest BCUT2D eigenvalue weighted by atomic mass is 16.1. The summed E-state index contributed by atoms with van der Waals surface area (Å²) >= 11 is 0. The molecule has 0 aromatic carbocycles. The summed E-state index contributed by atoms with van der Waals surface area (Å²) in [5.41, 5.74) is 1.32. The molecule has 19 heavy (non-hydrogen) atoms.